The molecule has 0 aromatic heterocycles. The van der Waals surface area contributed by atoms with Crippen LogP contribution in [0.25, 0.3) is 0 Å². The van der Waals surface area contributed by atoms with Crippen LogP contribution in [0.15, 0.2) is 0 Å². The van der Waals surface area contributed by atoms with Crippen LogP contribution >= 0.6 is 0 Å². The van der Waals surface area contributed by atoms with E-state index in [9.17, 15) is 14.4 Å². The van der Waals surface area contributed by atoms with Gasteiger partial charge >= 0.3 is 6.03 Å². The van der Waals surface area contributed by atoms with Crippen molar-refractivity contribution in [2.45, 2.75) is 64.5 Å². The van der Waals surface area contributed by atoms with E-state index in [0.717, 1.165) is 25.7 Å². The Morgan fingerprint density at radius 3 is 2.38 bits per heavy atom. The maximum absolute atomic E-state index is 12.2. The van der Waals surface area contributed by atoms with Gasteiger partial charge in [0.25, 0.3) is 5.91 Å². The number of hydrogen-bond acceptors (Lipinski definition) is 3. The minimum Gasteiger partial charge on any atom is -0.353 e. The molecular weight excluding hydrogens is 270 g/mol. The highest BCUT2D eigenvalue weighted by Gasteiger charge is 2.44. The zero-order valence-electron chi connectivity index (χ0n) is 12.9. The number of carbonyl (C=O) groups excluding carboxylic acids is 3. The maximum atomic E-state index is 12.2. The summed E-state index contributed by atoms with van der Waals surface area (Å²) in [5.41, 5.74) is 0. The predicted molar refractivity (Wildman–Crippen MR) is 78.6 cm³/mol. The average molecular weight is 295 g/mol. The van der Waals surface area contributed by atoms with Gasteiger partial charge in [0, 0.05) is 19.1 Å². The second-order valence-corrected chi connectivity index (χ2v) is 5.77. The lowest BCUT2D eigenvalue weighted by Gasteiger charge is -2.24. The summed E-state index contributed by atoms with van der Waals surface area (Å²) in [5, 5.41) is 3.01. The lowest BCUT2D eigenvalue weighted by molar-refractivity contribution is -0.132. The third-order valence-electron chi connectivity index (χ3n) is 4.41. The molecule has 1 aliphatic carbocycles. The lowest BCUT2D eigenvalue weighted by atomic mass is 9.95. The fourth-order valence-electron chi connectivity index (χ4n) is 3.25. The number of nitrogens with zero attached hydrogens (tertiary/aromatic N) is 2. The SMILES string of the molecule is CCN1C(=O)[C@@H](CC(=O)NC2CCCCC2)N(CC)C1=O. The average Bonchev–Trinajstić information content (AvgIpc) is 2.70. The fourth-order valence-corrected chi connectivity index (χ4v) is 3.25. The van der Waals surface area contributed by atoms with Gasteiger partial charge in [0.05, 0.1) is 6.42 Å². The third kappa shape index (κ3) is 3.36. The van der Waals surface area contributed by atoms with Crippen molar-refractivity contribution < 1.29 is 14.4 Å². The molecule has 6 nitrogen and oxygen atoms in total. The summed E-state index contributed by atoms with van der Waals surface area (Å²) in [6, 6.07) is -0.678. The van der Waals surface area contributed by atoms with Gasteiger partial charge in [0.1, 0.15) is 6.04 Å². The van der Waals surface area contributed by atoms with Gasteiger partial charge in [-0.15, -0.1) is 0 Å². The molecule has 0 aromatic carbocycles. The molecule has 0 radical (unpaired) electrons. The highest BCUT2D eigenvalue weighted by atomic mass is 16.2. The van der Waals surface area contributed by atoms with E-state index in [2.05, 4.69) is 5.32 Å². The van der Waals surface area contributed by atoms with Crippen LogP contribution in [0.1, 0.15) is 52.4 Å². The Kier molecular flexibility index (Phi) is 5.20. The van der Waals surface area contributed by atoms with Crippen LogP contribution in [-0.4, -0.2) is 52.8 Å². The number of imide groups is 1. The Morgan fingerprint density at radius 1 is 1.14 bits per heavy atom. The number of hydrogen-bond donors (Lipinski definition) is 1. The van der Waals surface area contributed by atoms with Crippen LogP contribution in [-0.2, 0) is 9.59 Å². The van der Waals surface area contributed by atoms with Gasteiger partial charge in [-0.05, 0) is 26.7 Å². The van der Waals surface area contributed by atoms with Gasteiger partial charge in [-0.2, -0.15) is 0 Å². The summed E-state index contributed by atoms with van der Waals surface area (Å²) in [7, 11) is 0. The minimum atomic E-state index is -0.633. The molecule has 4 amide bonds. The van der Waals surface area contributed by atoms with E-state index >= 15 is 0 Å². The van der Waals surface area contributed by atoms with Crippen molar-refractivity contribution in [2.24, 2.45) is 0 Å². The van der Waals surface area contributed by atoms with Gasteiger partial charge in [0.15, 0.2) is 0 Å². The lowest BCUT2D eigenvalue weighted by Crippen LogP contribution is -2.42. The van der Waals surface area contributed by atoms with Crippen molar-refractivity contribution >= 4 is 17.8 Å². The molecule has 1 heterocycles. The molecule has 2 rings (SSSR count). The van der Waals surface area contributed by atoms with Crippen LogP contribution in [0.3, 0.4) is 0 Å². The Bertz CT molecular complexity index is 418. The third-order valence-corrected chi connectivity index (χ3v) is 4.41. The van der Waals surface area contributed by atoms with E-state index in [1.807, 2.05) is 6.92 Å². The second-order valence-electron chi connectivity index (χ2n) is 5.77. The molecule has 6 heteroatoms. The number of nitrogens with one attached hydrogen (secondary N) is 1. The molecule has 1 saturated heterocycles. The van der Waals surface area contributed by atoms with Crippen LogP contribution in [0.4, 0.5) is 4.79 Å². The van der Waals surface area contributed by atoms with Gasteiger partial charge < -0.3 is 10.2 Å². The fraction of sp³-hybridized carbons (Fsp3) is 0.800. The number of urea groups is 1. The first-order valence-electron chi connectivity index (χ1n) is 7.99. The molecule has 1 aliphatic heterocycles. The van der Waals surface area contributed by atoms with Crippen molar-refractivity contribution in [3.63, 3.8) is 0 Å². The van der Waals surface area contributed by atoms with E-state index in [-0.39, 0.29) is 30.3 Å². The first-order valence-corrected chi connectivity index (χ1v) is 7.99. The monoisotopic (exact) mass is 295 g/mol. The first-order chi connectivity index (χ1) is 10.1. The van der Waals surface area contributed by atoms with Crippen LogP contribution < -0.4 is 5.32 Å². The second kappa shape index (κ2) is 6.91. The standard InChI is InChI=1S/C15H25N3O3/c1-3-17-12(14(20)18(4-2)15(17)21)10-13(19)16-11-8-6-5-7-9-11/h11-12H,3-10H2,1-2H3,(H,16,19)/t12-/m1/s1. The summed E-state index contributed by atoms with van der Waals surface area (Å²) in [5.74, 6) is -0.368. The maximum Gasteiger partial charge on any atom is 0.327 e. The normalized spacial score (nSPS) is 23.8. The van der Waals surface area contributed by atoms with Gasteiger partial charge in [0.2, 0.25) is 5.91 Å². The summed E-state index contributed by atoms with van der Waals surface area (Å²) in [6.07, 6.45) is 5.64. The molecule has 0 aromatic rings. The molecule has 0 unspecified atom stereocenters. The summed E-state index contributed by atoms with van der Waals surface area (Å²) < 4.78 is 0. The Balaban J connectivity index is 1.95. The Morgan fingerprint density at radius 2 is 1.81 bits per heavy atom. The Hall–Kier alpha value is -1.59. The van der Waals surface area contributed by atoms with E-state index in [0.29, 0.717) is 13.1 Å². The van der Waals surface area contributed by atoms with E-state index in [1.165, 1.54) is 16.2 Å². The highest BCUT2D eigenvalue weighted by molar-refractivity contribution is 6.05. The summed E-state index contributed by atoms with van der Waals surface area (Å²) >= 11 is 0. The molecule has 118 valence electrons. The molecule has 2 aliphatic rings. The number of carbonyl (C=O) groups is 3. The van der Waals surface area contributed by atoms with Gasteiger partial charge in [-0.25, -0.2) is 4.79 Å². The van der Waals surface area contributed by atoms with Crippen LogP contribution in [0, 0.1) is 0 Å². The smallest absolute Gasteiger partial charge is 0.327 e. The molecule has 0 bridgehead atoms. The molecule has 1 N–H and O–H groups in total. The van der Waals surface area contributed by atoms with Gasteiger partial charge in [-0.1, -0.05) is 19.3 Å². The van der Waals surface area contributed by atoms with Crippen molar-refractivity contribution in [2.75, 3.05) is 13.1 Å². The van der Waals surface area contributed by atoms with Crippen molar-refractivity contribution in [3.05, 3.63) is 0 Å². The number of amides is 4. The molecule has 1 saturated carbocycles. The quantitative estimate of drug-likeness (QED) is 0.781. The first kappa shape index (κ1) is 15.8. The topological polar surface area (TPSA) is 69.7 Å². The van der Waals surface area contributed by atoms with E-state index in [1.54, 1.807) is 6.92 Å². The van der Waals surface area contributed by atoms with Crippen LogP contribution in [0.2, 0.25) is 0 Å². The molecular formula is C15H25N3O3. The molecule has 1 atom stereocenters. The van der Waals surface area contributed by atoms with Crippen molar-refractivity contribution in [3.8, 4) is 0 Å². The molecule has 21 heavy (non-hydrogen) atoms. The molecule has 2 fully saturated rings. The predicted octanol–water partition coefficient (Wildman–Crippen LogP) is 1.50. The molecule has 0 spiro atoms. The van der Waals surface area contributed by atoms with Crippen molar-refractivity contribution in [1.29, 1.82) is 0 Å². The highest BCUT2D eigenvalue weighted by Crippen LogP contribution is 2.21. The van der Waals surface area contributed by atoms with E-state index in [4.69, 9.17) is 0 Å². The van der Waals surface area contributed by atoms with Gasteiger partial charge in [-0.3, -0.25) is 14.5 Å². The van der Waals surface area contributed by atoms with Crippen molar-refractivity contribution in [1.82, 2.24) is 15.1 Å². The number of likely N-dealkylation sites (N-methyl/N-ethyl adjacent to an activating group) is 2. The largest absolute Gasteiger partial charge is 0.353 e. The Labute approximate surface area is 125 Å². The van der Waals surface area contributed by atoms with E-state index < -0.39 is 6.04 Å². The zero-order valence-corrected chi connectivity index (χ0v) is 12.9. The van der Waals surface area contributed by atoms with Crippen LogP contribution in [0.5, 0.6) is 0 Å². The number of rotatable bonds is 5. The summed E-state index contributed by atoms with van der Waals surface area (Å²) in [6.45, 7) is 4.40. The summed E-state index contributed by atoms with van der Waals surface area (Å²) in [4.78, 5) is 39.2. The zero-order chi connectivity index (χ0) is 15.4. The minimum absolute atomic E-state index is 0.0748.